The van der Waals surface area contributed by atoms with Crippen LogP contribution in [-0.4, -0.2) is 68.5 Å². The average molecular weight is 479 g/mol. The van der Waals surface area contributed by atoms with Crippen molar-refractivity contribution in [1.29, 1.82) is 0 Å². The average Bonchev–Trinajstić information content (AvgIpc) is 3.07. The van der Waals surface area contributed by atoms with E-state index in [0.29, 0.717) is 21.6 Å². The van der Waals surface area contributed by atoms with Gasteiger partial charge in [0, 0.05) is 25.5 Å². The molecule has 0 radical (unpaired) electrons. The molecule has 0 bridgehead atoms. The Hall–Kier alpha value is -3.83. The van der Waals surface area contributed by atoms with E-state index in [9.17, 15) is 19.2 Å². The molecule has 1 aliphatic rings. The maximum Gasteiger partial charge on any atom is 0.293 e. The number of thioether (sulfide) groups is 1. The van der Waals surface area contributed by atoms with Crippen LogP contribution >= 0.6 is 11.8 Å². The fraction of sp³-hybridized carbons (Fsp3) is 0.217. The molecule has 11 heteroatoms. The van der Waals surface area contributed by atoms with Gasteiger partial charge in [-0.3, -0.25) is 34.0 Å². The lowest BCUT2D eigenvalue weighted by atomic mass is 10.2. The summed E-state index contributed by atoms with van der Waals surface area (Å²) in [7, 11) is 1.73. The molecule has 3 aromatic rings. The summed E-state index contributed by atoms with van der Waals surface area (Å²) in [5.41, 5.74) is 1.09. The molecule has 2 N–H and O–H groups in total. The lowest BCUT2D eigenvalue weighted by Crippen LogP contribution is -2.40. The standard InChI is InChI=1S/C23H22N6O4S/c1-28(13-19-26-17-7-3-2-6-16(17)21(31)27-19)14-20(30)25-9-10-29-22(32)18(34-23(29)33)11-15-5-4-8-24-12-15/h2-8,11-12H,9-10,13-14H2,1H3,(H,25,30)(H,26,27,31)/b18-11-. The number of carbonyl (C=O) groups excluding carboxylic acids is 3. The van der Waals surface area contributed by atoms with E-state index in [1.807, 2.05) is 6.07 Å². The summed E-state index contributed by atoms with van der Waals surface area (Å²) in [6.07, 6.45) is 4.85. The number of likely N-dealkylation sites (N-methyl/N-ethyl adjacent to an activating group) is 1. The van der Waals surface area contributed by atoms with Gasteiger partial charge in [-0.1, -0.05) is 18.2 Å². The van der Waals surface area contributed by atoms with E-state index >= 15 is 0 Å². The lowest BCUT2D eigenvalue weighted by Gasteiger charge is -2.17. The number of nitrogens with one attached hydrogen (secondary N) is 2. The highest BCUT2D eigenvalue weighted by atomic mass is 32.2. The summed E-state index contributed by atoms with van der Waals surface area (Å²) < 4.78 is 0. The van der Waals surface area contributed by atoms with Crippen LogP contribution in [0.25, 0.3) is 17.0 Å². The molecule has 174 valence electrons. The summed E-state index contributed by atoms with van der Waals surface area (Å²) in [6.45, 7) is 0.537. The molecule has 1 saturated heterocycles. The summed E-state index contributed by atoms with van der Waals surface area (Å²) in [6, 6.07) is 10.6. The molecule has 2 aromatic heterocycles. The minimum Gasteiger partial charge on any atom is -0.353 e. The number of nitrogens with zero attached hydrogens (tertiary/aromatic N) is 4. The van der Waals surface area contributed by atoms with Gasteiger partial charge in [-0.05, 0) is 48.6 Å². The highest BCUT2D eigenvalue weighted by Crippen LogP contribution is 2.31. The molecular formula is C23H22N6O4S. The van der Waals surface area contributed by atoms with Crippen LogP contribution in [0, 0.1) is 0 Å². The number of imide groups is 1. The SMILES string of the molecule is CN(CC(=O)NCCN1C(=O)S/C(=C\c2cccnc2)C1=O)Cc1nc2ccccc2c(=O)[nH]1. The fourth-order valence-electron chi connectivity index (χ4n) is 3.44. The molecule has 3 heterocycles. The Kier molecular flexibility index (Phi) is 7.14. The second kappa shape index (κ2) is 10.4. The van der Waals surface area contributed by atoms with Crippen molar-refractivity contribution in [3.8, 4) is 0 Å². The molecule has 4 rings (SSSR count). The second-order valence-electron chi connectivity index (χ2n) is 7.67. The highest BCUT2D eigenvalue weighted by molar-refractivity contribution is 8.18. The Bertz CT molecular complexity index is 1320. The first-order valence-corrected chi connectivity index (χ1v) is 11.3. The van der Waals surface area contributed by atoms with Gasteiger partial charge in [-0.2, -0.15) is 0 Å². The number of amides is 3. The molecule has 10 nitrogen and oxygen atoms in total. The number of pyridine rings is 1. The molecule has 0 saturated carbocycles. The normalized spacial score (nSPS) is 15.0. The minimum absolute atomic E-state index is 0.0549. The van der Waals surface area contributed by atoms with Crippen molar-refractivity contribution in [2.45, 2.75) is 6.54 Å². The number of H-pyrrole nitrogens is 1. The highest BCUT2D eigenvalue weighted by Gasteiger charge is 2.34. The van der Waals surface area contributed by atoms with Crippen LogP contribution < -0.4 is 10.9 Å². The van der Waals surface area contributed by atoms with Crippen LogP contribution in [0.4, 0.5) is 4.79 Å². The molecule has 1 aromatic carbocycles. The van der Waals surface area contributed by atoms with Crippen LogP contribution in [0.2, 0.25) is 0 Å². The van der Waals surface area contributed by atoms with Crippen molar-refractivity contribution in [3.63, 3.8) is 0 Å². The number of aromatic nitrogens is 3. The molecule has 0 spiro atoms. The molecule has 1 aliphatic heterocycles. The molecule has 1 fully saturated rings. The van der Waals surface area contributed by atoms with Gasteiger partial charge in [0.2, 0.25) is 5.91 Å². The van der Waals surface area contributed by atoms with E-state index in [2.05, 4.69) is 20.3 Å². The van der Waals surface area contributed by atoms with Crippen LogP contribution in [0.1, 0.15) is 11.4 Å². The number of benzene rings is 1. The number of rotatable bonds is 8. The van der Waals surface area contributed by atoms with Crippen molar-refractivity contribution in [1.82, 2.24) is 30.1 Å². The van der Waals surface area contributed by atoms with Crippen LogP contribution in [0.3, 0.4) is 0 Å². The van der Waals surface area contributed by atoms with Crippen molar-refractivity contribution in [3.05, 3.63) is 75.4 Å². The molecular weight excluding hydrogens is 456 g/mol. The molecule has 0 unspecified atom stereocenters. The first-order chi connectivity index (χ1) is 16.4. The third kappa shape index (κ3) is 5.56. The molecule has 3 amide bonds. The maximum atomic E-state index is 12.5. The summed E-state index contributed by atoms with van der Waals surface area (Å²) in [5.74, 6) is -0.211. The number of aromatic amines is 1. The second-order valence-corrected chi connectivity index (χ2v) is 8.66. The van der Waals surface area contributed by atoms with E-state index in [4.69, 9.17) is 0 Å². The minimum atomic E-state index is -0.392. The molecule has 0 aliphatic carbocycles. The van der Waals surface area contributed by atoms with E-state index in [1.165, 1.54) is 0 Å². The predicted octanol–water partition coefficient (Wildman–Crippen LogP) is 1.60. The number of hydrogen-bond acceptors (Lipinski definition) is 8. The largest absolute Gasteiger partial charge is 0.353 e. The number of para-hydroxylation sites is 1. The summed E-state index contributed by atoms with van der Waals surface area (Å²) in [4.78, 5) is 63.5. The molecule has 34 heavy (non-hydrogen) atoms. The maximum absolute atomic E-state index is 12.5. The van der Waals surface area contributed by atoms with Crippen LogP contribution in [-0.2, 0) is 16.1 Å². The van der Waals surface area contributed by atoms with Gasteiger partial charge in [0.15, 0.2) is 0 Å². The first-order valence-electron chi connectivity index (χ1n) is 10.5. The zero-order chi connectivity index (χ0) is 24.1. The van der Waals surface area contributed by atoms with Gasteiger partial charge < -0.3 is 10.3 Å². The van der Waals surface area contributed by atoms with Crippen molar-refractivity contribution in [2.75, 3.05) is 26.7 Å². The van der Waals surface area contributed by atoms with Gasteiger partial charge in [0.1, 0.15) is 5.82 Å². The predicted molar refractivity (Wildman–Crippen MR) is 129 cm³/mol. The molecule has 0 atom stereocenters. The Labute approximate surface area is 199 Å². The Morgan fingerprint density at radius 1 is 1.21 bits per heavy atom. The zero-order valence-corrected chi connectivity index (χ0v) is 19.2. The quantitative estimate of drug-likeness (QED) is 0.467. The lowest BCUT2D eigenvalue weighted by molar-refractivity contribution is -0.124. The van der Waals surface area contributed by atoms with Gasteiger partial charge >= 0.3 is 0 Å². The number of fused-ring (bicyclic) bond motifs is 1. The third-order valence-electron chi connectivity index (χ3n) is 5.01. The first kappa shape index (κ1) is 23.3. The van der Waals surface area contributed by atoms with Crippen LogP contribution in [0.5, 0.6) is 0 Å². The van der Waals surface area contributed by atoms with Gasteiger partial charge in [-0.15, -0.1) is 0 Å². The van der Waals surface area contributed by atoms with Crippen molar-refractivity contribution >= 4 is 45.8 Å². The van der Waals surface area contributed by atoms with Crippen molar-refractivity contribution in [2.24, 2.45) is 0 Å². The number of carbonyl (C=O) groups is 3. The van der Waals surface area contributed by atoms with Gasteiger partial charge in [0.05, 0.1) is 28.9 Å². The summed E-state index contributed by atoms with van der Waals surface area (Å²) in [5, 5.41) is 2.85. The Morgan fingerprint density at radius 3 is 2.82 bits per heavy atom. The zero-order valence-electron chi connectivity index (χ0n) is 18.4. The topological polar surface area (TPSA) is 128 Å². The van der Waals surface area contributed by atoms with E-state index in [0.717, 1.165) is 22.2 Å². The van der Waals surface area contributed by atoms with E-state index in [-0.39, 0.29) is 42.9 Å². The van der Waals surface area contributed by atoms with Crippen molar-refractivity contribution < 1.29 is 14.4 Å². The smallest absolute Gasteiger partial charge is 0.293 e. The van der Waals surface area contributed by atoms with Gasteiger partial charge in [-0.25, -0.2) is 4.98 Å². The number of hydrogen-bond donors (Lipinski definition) is 2. The van der Waals surface area contributed by atoms with Crippen LogP contribution in [0.15, 0.2) is 58.5 Å². The third-order valence-corrected chi connectivity index (χ3v) is 5.92. The van der Waals surface area contributed by atoms with Gasteiger partial charge in [0.25, 0.3) is 16.7 Å². The monoisotopic (exact) mass is 478 g/mol. The Balaban J connectivity index is 1.26. The van der Waals surface area contributed by atoms with E-state index < -0.39 is 5.91 Å². The summed E-state index contributed by atoms with van der Waals surface area (Å²) >= 11 is 0.863. The van der Waals surface area contributed by atoms with E-state index in [1.54, 1.807) is 60.7 Å². The fourth-order valence-corrected chi connectivity index (χ4v) is 4.30. The Morgan fingerprint density at radius 2 is 2.03 bits per heavy atom.